The Balaban J connectivity index is 1.12. The zero-order valence-corrected chi connectivity index (χ0v) is 27.7. The maximum atomic E-state index is 14.0. The van der Waals surface area contributed by atoms with Crippen molar-refractivity contribution in [3.05, 3.63) is 78.4 Å². The van der Waals surface area contributed by atoms with Crippen molar-refractivity contribution in [1.82, 2.24) is 25.2 Å². The van der Waals surface area contributed by atoms with Crippen LogP contribution in [0.1, 0.15) is 69.8 Å². The molecule has 0 radical (unpaired) electrons. The normalized spacial score (nSPS) is 29.1. The number of amides is 2. The molecule has 0 unspecified atom stereocenters. The molecule has 9 heteroatoms. The average Bonchev–Trinajstić information content (AvgIpc) is 3.67. The van der Waals surface area contributed by atoms with Crippen molar-refractivity contribution in [1.29, 1.82) is 0 Å². The first kappa shape index (κ1) is 32.4. The van der Waals surface area contributed by atoms with E-state index >= 15 is 0 Å². The monoisotopic (exact) mass is 627 g/mol. The maximum absolute atomic E-state index is 14.0. The highest BCUT2D eigenvalue weighted by atomic mass is 16.7. The van der Waals surface area contributed by atoms with Crippen molar-refractivity contribution >= 4 is 11.8 Å². The first-order valence-electron chi connectivity index (χ1n) is 16.9. The van der Waals surface area contributed by atoms with Crippen LogP contribution in [-0.4, -0.2) is 62.4 Å². The van der Waals surface area contributed by atoms with Crippen molar-refractivity contribution < 1.29 is 19.5 Å². The van der Waals surface area contributed by atoms with E-state index in [-0.39, 0.29) is 29.9 Å². The van der Waals surface area contributed by atoms with Gasteiger partial charge in [-0.15, -0.1) is 0 Å². The largest absolute Gasteiger partial charge is 0.393 e. The van der Waals surface area contributed by atoms with Crippen LogP contribution >= 0.6 is 0 Å². The number of hydroxylamine groups is 2. The molecular weight excluding hydrogens is 578 g/mol. The Labute approximate surface area is 272 Å². The van der Waals surface area contributed by atoms with Gasteiger partial charge in [-0.3, -0.25) is 14.4 Å². The number of aliphatic hydroxyl groups excluding tert-OH is 1. The van der Waals surface area contributed by atoms with E-state index in [0.717, 1.165) is 36.1 Å². The van der Waals surface area contributed by atoms with Gasteiger partial charge in [-0.1, -0.05) is 51.1 Å². The molecule has 46 heavy (non-hydrogen) atoms. The van der Waals surface area contributed by atoms with Gasteiger partial charge in [0.05, 0.1) is 25.1 Å². The Morgan fingerprint density at radius 2 is 1.87 bits per heavy atom. The van der Waals surface area contributed by atoms with E-state index in [1.165, 1.54) is 6.42 Å². The molecule has 2 heterocycles. The second-order valence-electron chi connectivity index (χ2n) is 14.4. The molecule has 2 bridgehead atoms. The molecule has 0 spiro atoms. The summed E-state index contributed by atoms with van der Waals surface area (Å²) in [5.74, 6) is 1.17. The molecule has 4 fully saturated rings. The van der Waals surface area contributed by atoms with Crippen LogP contribution in [0.15, 0.2) is 67.3 Å². The van der Waals surface area contributed by atoms with Crippen LogP contribution in [-0.2, 0) is 22.7 Å². The number of carbonyl (C=O) groups excluding carboxylic acids is 2. The maximum Gasteiger partial charge on any atom is 0.251 e. The second-order valence-corrected chi connectivity index (χ2v) is 14.4. The summed E-state index contributed by atoms with van der Waals surface area (Å²) in [5, 5.41) is 18.9. The molecule has 2 aromatic carbocycles. The Kier molecular flexibility index (Phi) is 9.37. The van der Waals surface area contributed by atoms with Crippen molar-refractivity contribution in [3.8, 4) is 11.1 Å². The standard InChI is InChI=1S/C37H49N5O4/c1-23-31-19-30(37(31,4)5)20-32(23)40-36(45)34-33(24(2)43)25(3)46-42(34)21-26-9-6-10-27(17-26)28-11-7-12-29(18-28)35(44)39-13-8-15-41-16-14-38-22-41/h6-7,9-12,14,16-18,22-25,30-34,43H,8,13,15,19-21H2,1-5H3,(H,39,44)(H,40,45)/t23-,24-,25-,30+,31-,32-,33+,34-/m0/s1. The number of aryl methyl sites for hydroxylation is 1. The third-order valence-electron chi connectivity index (χ3n) is 11.2. The highest BCUT2D eigenvalue weighted by Gasteiger charge is 2.57. The van der Waals surface area contributed by atoms with Crippen LogP contribution in [0.25, 0.3) is 11.1 Å². The molecule has 1 aliphatic heterocycles. The lowest BCUT2D eigenvalue weighted by atomic mass is 9.45. The fourth-order valence-electron chi connectivity index (χ4n) is 8.36. The predicted molar refractivity (Wildman–Crippen MR) is 177 cm³/mol. The minimum Gasteiger partial charge on any atom is -0.393 e. The van der Waals surface area contributed by atoms with E-state index in [2.05, 4.69) is 42.5 Å². The summed E-state index contributed by atoms with van der Waals surface area (Å²) in [4.78, 5) is 37.2. The van der Waals surface area contributed by atoms with Gasteiger partial charge in [-0.25, -0.2) is 4.98 Å². The summed E-state index contributed by atoms with van der Waals surface area (Å²) in [7, 11) is 0. The molecule has 4 aliphatic rings. The number of hydrogen-bond donors (Lipinski definition) is 3. The van der Waals surface area contributed by atoms with Gasteiger partial charge >= 0.3 is 0 Å². The molecule has 3 saturated carbocycles. The van der Waals surface area contributed by atoms with Crippen LogP contribution in [0.4, 0.5) is 0 Å². The van der Waals surface area contributed by atoms with Gasteiger partial charge in [0, 0.05) is 43.0 Å². The first-order chi connectivity index (χ1) is 22.0. The average molecular weight is 628 g/mol. The highest BCUT2D eigenvalue weighted by Crippen LogP contribution is 2.61. The lowest BCUT2D eigenvalue weighted by Gasteiger charge is -2.62. The van der Waals surface area contributed by atoms with Gasteiger partial charge < -0.3 is 20.3 Å². The van der Waals surface area contributed by atoms with Crippen molar-refractivity contribution in [2.45, 2.75) is 91.3 Å². The quantitative estimate of drug-likeness (QED) is 0.257. The molecule has 3 N–H and O–H groups in total. The Bertz CT molecular complexity index is 1520. The molecule has 3 aliphatic carbocycles. The summed E-state index contributed by atoms with van der Waals surface area (Å²) < 4.78 is 1.99. The minimum atomic E-state index is -0.696. The third kappa shape index (κ3) is 6.50. The number of fused-ring (bicyclic) bond motifs is 2. The molecule has 2 amide bonds. The molecule has 246 valence electrons. The van der Waals surface area contributed by atoms with Gasteiger partial charge in [-0.05, 0) is 91.2 Å². The number of aromatic nitrogens is 2. The Hall–Kier alpha value is -3.53. The first-order valence-corrected chi connectivity index (χ1v) is 16.9. The van der Waals surface area contributed by atoms with E-state index in [9.17, 15) is 14.7 Å². The van der Waals surface area contributed by atoms with E-state index in [1.54, 1.807) is 24.5 Å². The predicted octanol–water partition coefficient (Wildman–Crippen LogP) is 5.06. The van der Waals surface area contributed by atoms with Crippen LogP contribution < -0.4 is 10.6 Å². The zero-order chi connectivity index (χ0) is 32.6. The number of imidazole rings is 1. The fraction of sp³-hybridized carbons (Fsp3) is 0.541. The Morgan fingerprint density at radius 3 is 2.57 bits per heavy atom. The molecule has 3 aromatic rings. The van der Waals surface area contributed by atoms with Crippen LogP contribution in [0, 0.1) is 29.1 Å². The number of nitrogens with one attached hydrogen (secondary N) is 2. The number of carbonyl (C=O) groups is 2. The molecule has 1 aromatic heterocycles. The van der Waals surface area contributed by atoms with Crippen molar-refractivity contribution in [2.24, 2.45) is 29.1 Å². The van der Waals surface area contributed by atoms with Crippen LogP contribution in [0.2, 0.25) is 0 Å². The fourth-order valence-corrected chi connectivity index (χ4v) is 8.36. The second kappa shape index (κ2) is 13.3. The van der Waals surface area contributed by atoms with E-state index in [1.807, 2.05) is 60.2 Å². The minimum absolute atomic E-state index is 0.0638. The number of rotatable bonds is 11. The molecule has 8 atom stereocenters. The number of benzene rings is 2. The smallest absolute Gasteiger partial charge is 0.251 e. The van der Waals surface area contributed by atoms with Gasteiger partial charge in [0.2, 0.25) is 5.91 Å². The topological polar surface area (TPSA) is 109 Å². The summed E-state index contributed by atoms with van der Waals surface area (Å²) >= 11 is 0. The van der Waals surface area contributed by atoms with Gasteiger partial charge in [0.25, 0.3) is 5.91 Å². The summed E-state index contributed by atoms with van der Waals surface area (Å²) in [6, 6.07) is 15.3. The number of nitrogens with zero attached hydrogens (tertiary/aromatic N) is 3. The SMILES string of the molecule is C[C@@H]1[C@@H](NC(=O)[C@@H]2[C@H]([C@H](C)O)[C@H](C)ON2Cc2cccc(-c3cccc(C(=O)NCCCn4ccnc4)c3)c2)C[C@H]2C[C@@H]1C2(C)C. The van der Waals surface area contributed by atoms with Crippen molar-refractivity contribution in [2.75, 3.05) is 6.54 Å². The highest BCUT2D eigenvalue weighted by molar-refractivity contribution is 5.95. The summed E-state index contributed by atoms with van der Waals surface area (Å²) in [6.07, 6.45) is 7.51. The lowest BCUT2D eigenvalue weighted by Crippen LogP contribution is -2.62. The number of aliphatic hydroxyl groups is 1. The zero-order valence-electron chi connectivity index (χ0n) is 27.7. The van der Waals surface area contributed by atoms with E-state index in [0.29, 0.717) is 41.8 Å². The molecule has 1 saturated heterocycles. The molecular formula is C37H49N5O4. The van der Waals surface area contributed by atoms with Gasteiger partial charge in [0.15, 0.2) is 0 Å². The Morgan fingerprint density at radius 1 is 1.11 bits per heavy atom. The third-order valence-corrected chi connectivity index (χ3v) is 11.2. The molecule has 9 nitrogen and oxygen atoms in total. The van der Waals surface area contributed by atoms with E-state index < -0.39 is 12.1 Å². The lowest BCUT2D eigenvalue weighted by molar-refractivity contribution is -0.174. The van der Waals surface area contributed by atoms with Crippen molar-refractivity contribution in [3.63, 3.8) is 0 Å². The van der Waals surface area contributed by atoms with Crippen LogP contribution in [0.5, 0.6) is 0 Å². The molecule has 7 rings (SSSR count). The van der Waals surface area contributed by atoms with E-state index in [4.69, 9.17) is 4.84 Å². The number of hydrogen-bond acceptors (Lipinski definition) is 6. The van der Waals surface area contributed by atoms with Gasteiger partial charge in [-0.2, -0.15) is 5.06 Å². The summed E-state index contributed by atoms with van der Waals surface area (Å²) in [5.41, 5.74) is 3.85. The van der Waals surface area contributed by atoms with Crippen LogP contribution in [0.3, 0.4) is 0 Å². The van der Waals surface area contributed by atoms with Gasteiger partial charge in [0.1, 0.15) is 6.04 Å². The summed E-state index contributed by atoms with van der Waals surface area (Å²) in [6.45, 7) is 12.5.